The molecule has 0 atom stereocenters. The molecule has 0 aliphatic rings. The Balaban J connectivity index is 0.956. The summed E-state index contributed by atoms with van der Waals surface area (Å²) in [6.45, 7) is 0. The van der Waals surface area contributed by atoms with Crippen LogP contribution in [0.2, 0.25) is 0 Å². The van der Waals surface area contributed by atoms with Gasteiger partial charge in [0.2, 0.25) is 0 Å². The third kappa shape index (κ3) is 4.95. The van der Waals surface area contributed by atoms with Gasteiger partial charge in [-0.3, -0.25) is 0 Å². The Morgan fingerprint density at radius 1 is 0.396 bits per heavy atom. The molecule has 0 N–H and O–H groups in total. The lowest BCUT2D eigenvalue weighted by Crippen LogP contribution is -1.93. The van der Waals surface area contributed by atoms with E-state index < -0.39 is 0 Å². The van der Waals surface area contributed by atoms with E-state index in [1.54, 1.807) is 11.3 Å². The highest BCUT2D eigenvalue weighted by Crippen LogP contribution is 2.45. The zero-order chi connectivity index (χ0) is 34.9. The van der Waals surface area contributed by atoms with Gasteiger partial charge in [0.25, 0.3) is 0 Å². The van der Waals surface area contributed by atoms with Gasteiger partial charge in [-0.15, -0.1) is 22.7 Å². The predicted octanol–water partition coefficient (Wildman–Crippen LogP) is 14.4. The molecule has 0 radical (unpaired) electrons. The molecule has 3 heterocycles. The normalized spacial score (nSPS) is 11.8. The third-order valence-corrected chi connectivity index (χ3v) is 12.7. The minimum absolute atomic E-state index is 1.05. The van der Waals surface area contributed by atoms with Crippen LogP contribution in [0.3, 0.4) is 0 Å². The van der Waals surface area contributed by atoms with Gasteiger partial charge in [0, 0.05) is 42.2 Å². The maximum absolute atomic E-state index is 5.29. The van der Waals surface area contributed by atoms with Gasteiger partial charge >= 0.3 is 0 Å². The predicted molar refractivity (Wildman–Crippen MR) is 229 cm³/mol. The van der Waals surface area contributed by atoms with E-state index in [0.29, 0.717) is 0 Å². The summed E-state index contributed by atoms with van der Waals surface area (Å²) in [7, 11) is 0. The van der Waals surface area contributed by atoms with Crippen molar-refractivity contribution in [3.8, 4) is 49.6 Å². The Hall–Kier alpha value is -6.33. The molecule has 0 unspecified atom stereocenters. The number of hydrogen-bond acceptors (Lipinski definition) is 3. The van der Waals surface area contributed by atoms with Gasteiger partial charge in [0.1, 0.15) is 5.01 Å². The number of fused-ring (bicyclic) bond motifs is 8. The molecule has 0 saturated heterocycles. The summed E-state index contributed by atoms with van der Waals surface area (Å²) >= 11 is 3.64. The van der Waals surface area contributed by atoms with Crippen molar-refractivity contribution in [3.63, 3.8) is 0 Å². The average Bonchev–Trinajstić information content (AvgIpc) is 3.93. The fourth-order valence-electron chi connectivity index (χ4n) is 7.91. The minimum atomic E-state index is 1.05. The van der Waals surface area contributed by atoms with Gasteiger partial charge in [-0.2, -0.15) is 0 Å². The van der Waals surface area contributed by atoms with Crippen molar-refractivity contribution in [2.24, 2.45) is 0 Å². The van der Waals surface area contributed by atoms with E-state index in [9.17, 15) is 0 Å². The van der Waals surface area contributed by atoms with Crippen LogP contribution in [0.25, 0.3) is 102 Å². The molecule has 2 nitrogen and oxygen atoms in total. The van der Waals surface area contributed by atoms with Crippen LogP contribution in [0, 0.1) is 0 Å². The van der Waals surface area contributed by atoms with Crippen molar-refractivity contribution >= 4 is 74.9 Å². The zero-order valence-corrected chi connectivity index (χ0v) is 30.2. The van der Waals surface area contributed by atoms with Crippen LogP contribution in [0.15, 0.2) is 182 Å². The molecule has 0 fully saturated rings. The smallest absolute Gasteiger partial charge is 0.124 e. The Labute approximate surface area is 314 Å². The summed E-state index contributed by atoms with van der Waals surface area (Å²) in [5.74, 6) is 0. The monoisotopic (exact) mass is 710 g/mol. The summed E-state index contributed by atoms with van der Waals surface area (Å²) in [5, 5.41) is 6.10. The van der Waals surface area contributed by atoms with Gasteiger partial charge in [0.05, 0.1) is 21.3 Å². The molecule has 4 heteroatoms. The van der Waals surface area contributed by atoms with Crippen molar-refractivity contribution in [1.29, 1.82) is 0 Å². The number of aromatic nitrogens is 2. The van der Waals surface area contributed by atoms with Crippen molar-refractivity contribution in [3.05, 3.63) is 182 Å². The molecule has 0 aliphatic carbocycles. The molecule has 11 rings (SSSR count). The highest BCUT2D eigenvalue weighted by Gasteiger charge is 2.17. The molecule has 11 aromatic rings. The number of hydrogen-bond donors (Lipinski definition) is 0. The molecule has 0 amide bonds. The first-order valence-electron chi connectivity index (χ1n) is 17.9. The van der Waals surface area contributed by atoms with Gasteiger partial charge in [-0.1, -0.05) is 140 Å². The quantitative estimate of drug-likeness (QED) is 0.174. The number of nitrogens with zero attached hydrogens (tertiary/aromatic N) is 2. The van der Waals surface area contributed by atoms with Crippen molar-refractivity contribution in [2.75, 3.05) is 0 Å². The maximum atomic E-state index is 5.29. The van der Waals surface area contributed by atoms with E-state index in [1.807, 2.05) is 11.3 Å². The molecular formula is C49H30N2S2. The van der Waals surface area contributed by atoms with Crippen LogP contribution in [0.5, 0.6) is 0 Å². The van der Waals surface area contributed by atoms with E-state index in [2.05, 4.69) is 187 Å². The first-order valence-corrected chi connectivity index (χ1v) is 19.5. The Morgan fingerprint density at radius 3 is 1.81 bits per heavy atom. The molecule has 248 valence electrons. The molecule has 53 heavy (non-hydrogen) atoms. The van der Waals surface area contributed by atoms with Crippen molar-refractivity contribution in [2.45, 2.75) is 0 Å². The van der Waals surface area contributed by atoms with E-state index in [0.717, 1.165) is 21.8 Å². The lowest BCUT2D eigenvalue weighted by molar-refractivity contribution is 1.18. The van der Waals surface area contributed by atoms with Crippen LogP contribution in [0.1, 0.15) is 0 Å². The topological polar surface area (TPSA) is 17.8 Å². The van der Waals surface area contributed by atoms with Gasteiger partial charge in [-0.25, -0.2) is 4.98 Å². The summed E-state index contributed by atoms with van der Waals surface area (Å²) in [6.07, 6.45) is 0. The average molecular weight is 711 g/mol. The highest BCUT2D eigenvalue weighted by atomic mass is 32.1. The second-order valence-electron chi connectivity index (χ2n) is 13.5. The summed E-state index contributed by atoms with van der Waals surface area (Å²) < 4.78 is 6.21. The maximum Gasteiger partial charge on any atom is 0.124 e. The van der Waals surface area contributed by atoms with E-state index in [1.165, 1.54) is 80.1 Å². The molecule has 3 aromatic heterocycles. The van der Waals surface area contributed by atoms with E-state index >= 15 is 0 Å². The zero-order valence-electron chi connectivity index (χ0n) is 28.5. The van der Waals surface area contributed by atoms with Crippen LogP contribution < -0.4 is 0 Å². The fourth-order valence-corrected chi connectivity index (χ4v) is 10.1. The Kier molecular flexibility index (Phi) is 6.94. The van der Waals surface area contributed by atoms with E-state index in [-0.39, 0.29) is 0 Å². The first kappa shape index (κ1) is 30.3. The SMILES string of the molecule is c1ccc(-c2ccc(-n3c4ccccc4c4cc(-c5ccc(-c6nc7c(ccc8sc9c(-c%10ccccc%10)cccc9c87)s6)cc5)ccc43)cc2)cc1. The number of para-hydroxylation sites is 1. The van der Waals surface area contributed by atoms with Crippen LogP contribution in [0.4, 0.5) is 0 Å². The van der Waals surface area contributed by atoms with Crippen LogP contribution in [-0.4, -0.2) is 9.55 Å². The molecule has 0 bridgehead atoms. The molecule has 0 spiro atoms. The second-order valence-corrected chi connectivity index (χ2v) is 15.6. The van der Waals surface area contributed by atoms with Gasteiger partial charge in [-0.05, 0) is 75.8 Å². The minimum Gasteiger partial charge on any atom is -0.309 e. The largest absolute Gasteiger partial charge is 0.309 e. The molecule has 0 aliphatic heterocycles. The van der Waals surface area contributed by atoms with Crippen molar-refractivity contribution < 1.29 is 0 Å². The molecular weight excluding hydrogens is 681 g/mol. The first-order chi connectivity index (χ1) is 26.3. The lowest BCUT2D eigenvalue weighted by Gasteiger charge is -2.10. The van der Waals surface area contributed by atoms with Crippen LogP contribution in [-0.2, 0) is 0 Å². The van der Waals surface area contributed by atoms with Crippen LogP contribution >= 0.6 is 22.7 Å². The van der Waals surface area contributed by atoms with Crippen molar-refractivity contribution in [1.82, 2.24) is 9.55 Å². The number of benzene rings is 8. The Bertz CT molecular complexity index is 3130. The standard InChI is InChI=1S/C49H30N2S2/c1-3-10-31(11-4-1)32-22-25-37(26-23-32)51-42-17-8-7-14-39(42)41-30-36(24-27-43(41)51)33-18-20-35(21-19-33)49-50-47-45(53-49)29-28-44-46(47)40-16-9-15-38(48(40)52-44)34-12-5-2-6-13-34/h1-30H. The molecule has 8 aromatic carbocycles. The highest BCUT2D eigenvalue weighted by molar-refractivity contribution is 7.27. The van der Waals surface area contributed by atoms with Gasteiger partial charge < -0.3 is 4.57 Å². The number of rotatable bonds is 5. The van der Waals surface area contributed by atoms with Gasteiger partial charge in [0.15, 0.2) is 0 Å². The number of thiophene rings is 1. The summed E-state index contributed by atoms with van der Waals surface area (Å²) in [5.41, 5.74) is 13.2. The van der Waals surface area contributed by atoms with E-state index in [4.69, 9.17) is 4.98 Å². The number of thiazole rings is 1. The fraction of sp³-hybridized carbons (Fsp3) is 0. The lowest BCUT2D eigenvalue weighted by atomic mass is 10.0. The summed E-state index contributed by atoms with van der Waals surface area (Å²) in [4.78, 5) is 5.29. The molecule has 0 saturated carbocycles. The second kappa shape index (κ2) is 12.1. The third-order valence-electron chi connectivity index (χ3n) is 10.5. The summed E-state index contributed by atoms with van der Waals surface area (Å²) in [6, 6.07) is 65.9. The Morgan fingerprint density at radius 2 is 1.00 bits per heavy atom.